The van der Waals surface area contributed by atoms with Gasteiger partial charge in [0.15, 0.2) is 5.78 Å². The molecule has 1 unspecified atom stereocenters. The van der Waals surface area contributed by atoms with Crippen LogP contribution in [0.4, 0.5) is 4.39 Å². The summed E-state index contributed by atoms with van der Waals surface area (Å²) in [6, 6.07) is 17.0. The van der Waals surface area contributed by atoms with Gasteiger partial charge >= 0.3 is 5.97 Å². The van der Waals surface area contributed by atoms with Crippen LogP contribution in [-0.4, -0.2) is 28.0 Å². The fourth-order valence-electron chi connectivity index (χ4n) is 3.63. The first-order chi connectivity index (χ1) is 16.9. The number of carbonyl (C=O) groups is 2. The van der Waals surface area contributed by atoms with Crippen molar-refractivity contribution in [3.63, 3.8) is 0 Å². The van der Waals surface area contributed by atoms with E-state index in [1.165, 1.54) is 24.3 Å². The number of Topliss-reactive ketones (excluding diaryl/α,β-unsaturated/α-hetero) is 1. The van der Waals surface area contributed by atoms with Crippen LogP contribution in [0.3, 0.4) is 0 Å². The predicted molar refractivity (Wildman–Crippen MR) is 133 cm³/mol. The van der Waals surface area contributed by atoms with Gasteiger partial charge in [-0.15, -0.1) is 0 Å². The fourth-order valence-corrected chi connectivity index (χ4v) is 3.63. The van der Waals surface area contributed by atoms with Crippen LogP contribution in [-0.2, 0) is 6.54 Å². The number of carboxylic acid groups (broad SMARTS) is 1. The summed E-state index contributed by atoms with van der Waals surface area (Å²) in [6.07, 6.45) is 3.58. The zero-order chi connectivity index (χ0) is 25.2. The minimum atomic E-state index is -1.21. The van der Waals surface area contributed by atoms with Gasteiger partial charge in [-0.1, -0.05) is 56.2 Å². The zero-order valence-electron chi connectivity index (χ0n) is 19.6. The molecule has 3 rings (SSSR count). The second-order valence-corrected chi connectivity index (χ2v) is 8.28. The van der Waals surface area contributed by atoms with Gasteiger partial charge in [0.2, 0.25) is 0 Å². The maximum Gasteiger partial charge on any atom is 0.339 e. The topological polar surface area (TPSA) is 86.6 Å². The van der Waals surface area contributed by atoms with Gasteiger partial charge in [-0.25, -0.2) is 9.18 Å². The molecule has 0 radical (unpaired) electrons. The van der Waals surface area contributed by atoms with E-state index in [0.717, 1.165) is 24.8 Å². The Morgan fingerprint density at radius 3 is 2.17 bits per heavy atom. The molecule has 35 heavy (non-hydrogen) atoms. The maximum atomic E-state index is 13.2. The van der Waals surface area contributed by atoms with E-state index in [4.69, 9.17) is 0 Å². The van der Waals surface area contributed by atoms with Crippen molar-refractivity contribution in [1.29, 1.82) is 0 Å². The number of unbranched alkanes of at least 4 members (excludes halogenated alkanes) is 2. The highest BCUT2D eigenvalue weighted by Gasteiger charge is 2.20. The van der Waals surface area contributed by atoms with Crippen molar-refractivity contribution in [2.24, 2.45) is 0 Å². The number of nitrogens with one attached hydrogen (secondary N) is 1. The summed E-state index contributed by atoms with van der Waals surface area (Å²) in [4.78, 5) is 24.5. The third-order valence-corrected chi connectivity index (χ3v) is 5.62. The van der Waals surface area contributed by atoms with Crippen molar-refractivity contribution < 1.29 is 24.2 Å². The highest BCUT2D eigenvalue weighted by molar-refractivity contribution is 6.00. The van der Waals surface area contributed by atoms with E-state index < -0.39 is 12.0 Å². The van der Waals surface area contributed by atoms with Crippen LogP contribution in [0.5, 0.6) is 5.75 Å². The van der Waals surface area contributed by atoms with E-state index in [2.05, 4.69) is 24.1 Å². The standard InChI is InChI=1S/C29H28FNO4/c1-2-3-4-5-26(31-19-22-12-17-27(32)25(18-22)29(34)35)28(33)23-13-8-20(9-14-23)6-7-21-10-15-24(30)16-11-21/h8-18,26,31-32H,2-5,19H2,1H3,(H,34,35). The molecule has 3 aromatic rings. The number of rotatable bonds is 10. The fraction of sp³-hybridized carbons (Fsp3) is 0.241. The summed E-state index contributed by atoms with van der Waals surface area (Å²) >= 11 is 0. The molecule has 0 saturated carbocycles. The quantitative estimate of drug-likeness (QED) is 0.204. The Kier molecular flexibility index (Phi) is 9.16. The molecular weight excluding hydrogens is 445 g/mol. The van der Waals surface area contributed by atoms with Crippen molar-refractivity contribution in [2.45, 2.75) is 45.2 Å². The van der Waals surface area contributed by atoms with Crippen molar-refractivity contribution in [3.05, 3.63) is 100 Å². The smallest absolute Gasteiger partial charge is 0.339 e. The lowest BCUT2D eigenvalue weighted by atomic mass is 9.97. The van der Waals surface area contributed by atoms with Gasteiger partial charge in [0.1, 0.15) is 17.1 Å². The second-order valence-electron chi connectivity index (χ2n) is 8.28. The Morgan fingerprint density at radius 2 is 1.57 bits per heavy atom. The minimum Gasteiger partial charge on any atom is -0.507 e. The number of carboxylic acids is 1. The van der Waals surface area contributed by atoms with Gasteiger partial charge in [0, 0.05) is 23.2 Å². The van der Waals surface area contributed by atoms with Gasteiger partial charge in [-0.2, -0.15) is 0 Å². The van der Waals surface area contributed by atoms with E-state index >= 15 is 0 Å². The molecule has 1 atom stereocenters. The van der Waals surface area contributed by atoms with Gasteiger partial charge < -0.3 is 15.5 Å². The molecule has 0 spiro atoms. The molecule has 0 fully saturated rings. The molecule has 0 aliphatic heterocycles. The molecule has 0 saturated heterocycles. The molecule has 0 amide bonds. The lowest BCUT2D eigenvalue weighted by Crippen LogP contribution is -2.36. The summed E-state index contributed by atoms with van der Waals surface area (Å²) in [5, 5.41) is 22.2. The lowest BCUT2D eigenvalue weighted by molar-refractivity contribution is 0.0693. The largest absolute Gasteiger partial charge is 0.507 e. The van der Waals surface area contributed by atoms with Crippen LogP contribution in [0.25, 0.3) is 0 Å². The molecule has 0 bridgehead atoms. The Labute approximate surface area is 204 Å². The molecule has 3 aromatic carbocycles. The van der Waals surface area contributed by atoms with Gasteiger partial charge in [-0.3, -0.25) is 4.79 Å². The Bertz CT molecular complexity index is 1220. The summed E-state index contributed by atoms with van der Waals surface area (Å²) in [6.45, 7) is 2.39. The molecular formula is C29H28FNO4. The summed E-state index contributed by atoms with van der Waals surface area (Å²) in [5.41, 5.74) is 2.50. The molecule has 3 N–H and O–H groups in total. The molecule has 5 nitrogen and oxygen atoms in total. The molecule has 0 heterocycles. The number of halogens is 1. The SMILES string of the molecule is CCCCCC(NCc1ccc(O)c(C(=O)O)c1)C(=O)c1ccc(C#Cc2ccc(F)cc2)cc1. The number of ketones is 1. The number of aromatic hydroxyl groups is 1. The number of aromatic carboxylic acids is 1. The summed E-state index contributed by atoms with van der Waals surface area (Å²) in [7, 11) is 0. The second kappa shape index (κ2) is 12.5. The Hall–Kier alpha value is -3.95. The molecule has 0 aromatic heterocycles. The average molecular weight is 474 g/mol. The molecule has 6 heteroatoms. The average Bonchev–Trinajstić information content (AvgIpc) is 2.86. The van der Waals surface area contributed by atoms with Crippen molar-refractivity contribution in [1.82, 2.24) is 5.32 Å². The van der Waals surface area contributed by atoms with Crippen molar-refractivity contribution >= 4 is 11.8 Å². The molecule has 0 aliphatic rings. The lowest BCUT2D eigenvalue weighted by Gasteiger charge is -2.18. The highest BCUT2D eigenvalue weighted by atomic mass is 19.1. The molecule has 0 aliphatic carbocycles. The van der Waals surface area contributed by atoms with Crippen LogP contribution in [0, 0.1) is 17.7 Å². The van der Waals surface area contributed by atoms with Crippen LogP contribution >= 0.6 is 0 Å². The Morgan fingerprint density at radius 1 is 0.943 bits per heavy atom. The van der Waals surface area contributed by atoms with Gasteiger partial charge in [-0.05, 0) is 60.5 Å². The number of phenols is 1. The number of hydrogen-bond donors (Lipinski definition) is 3. The minimum absolute atomic E-state index is 0.0450. The predicted octanol–water partition coefficient (Wildman–Crippen LogP) is 5.55. The van der Waals surface area contributed by atoms with E-state index in [1.54, 1.807) is 42.5 Å². The van der Waals surface area contributed by atoms with Crippen LogP contribution in [0.15, 0.2) is 66.7 Å². The number of benzene rings is 3. The van der Waals surface area contributed by atoms with Crippen molar-refractivity contribution in [3.8, 4) is 17.6 Å². The van der Waals surface area contributed by atoms with Crippen LogP contribution in [0.2, 0.25) is 0 Å². The van der Waals surface area contributed by atoms with E-state index in [0.29, 0.717) is 29.7 Å². The third-order valence-electron chi connectivity index (χ3n) is 5.62. The van der Waals surface area contributed by atoms with Crippen LogP contribution in [0.1, 0.15) is 70.0 Å². The first kappa shape index (κ1) is 25.7. The number of carbonyl (C=O) groups excluding carboxylic acids is 1. The summed E-state index contributed by atoms with van der Waals surface area (Å²) < 4.78 is 13.0. The summed E-state index contributed by atoms with van der Waals surface area (Å²) in [5.74, 6) is 4.14. The van der Waals surface area contributed by atoms with Crippen LogP contribution < -0.4 is 5.32 Å². The normalized spacial score (nSPS) is 11.4. The molecule has 180 valence electrons. The maximum absolute atomic E-state index is 13.2. The first-order valence-electron chi connectivity index (χ1n) is 11.6. The van der Waals surface area contributed by atoms with E-state index in [-0.39, 0.29) is 22.9 Å². The third kappa shape index (κ3) is 7.53. The number of hydrogen-bond acceptors (Lipinski definition) is 4. The zero-order valence-corrected chi connectivity index (χ0v) is 19.6. The Balaban J connectivity index is 1.71. The van der Waals surface area contributed by atoms with Crippen molar-refractivity contribution in [2.75, 3.05) is 0 Å². The van der Waals surface area contributed by atoms with Gasteiger partial charge in [0.25, 0.3) is 0 Å². The highest BCUT2D eigenvalue weighted by Crippen LogP contribution is 2.19. The first-order valence-corrected chi connectivity index (χ1v) is 11.6. The van der Waals surface area contributed by atoms with E-state index in [1.807, 2.05) is 0 Å². The monoisotopic (exact) mass is 473 g/mol. The van der Waals surface area contributed by atoms with E-state index in [9.17, 15) is 24.2 Å². The van der Waals surface area contributed by atoms with Gasteiger partial charge in [0.05, 0.1) is 6.04 Å².